The molecule has 2 aromatic rings. The molecule has 2 heterocycles. The first-order chi connectivity index (χ1) is 12.2. The van der Waals surface area contributed by atoms with E-state index >= 15 is 0 Å². The minimum atomic E-state index is 0. The molecule has 1 aliphatic heterocycles. The Morgan fingerprint density at radius 3 is 2.96 bits per heavy atom. The Balaban J connectivity index is 0.00000196. The van der Waals surface area contributed by atoms with Crippen LogP contribution in [0, 0.1) is 6.92 Å². The number of benzene rings is 1. The number of hydrogen-bond donors (Lipinski definition) is 2. The number of rotatable bonds is 4. The molecule has 5 nitrogen and oxygen atoms in total. The van der Waals surface area contributed by atoms with E-state index in [-0.39, 0.29) is 24.4 Å². The number of anilines is 1. The molecule has 1 amide bonds. The van der Waals surface area contributed by atoms with Gasteiger partial charge in [0, 0.05) is 18.0 Å². The van der Waals surface area contributed by atoms with Crippen molar-refractivity contribution in [2.24, 2.45) is 0 Å². The van der Waals surface area contributed by atoms with Crippen molar-refractivity contribution in [3.63, 3.8) is 0 Å². The molecule has 1 aromatic carbocycles. The Hall–Kier alpha value is -1.85. The number of fused-ring (bicyclic) bond motifs is 1. The molecule has 1 saturated heterocycles. The number of amides is 1. The Kier molecular flexibility index (Phi) is 5.99. The van der Waals surface area contributed by atoms with Crippen molar-refractivity contribution in [2.45, 2.75) is 57.5 Å². The van der Waals surface area contributed by atoms with E-state index in [0.717, 1.165) is 50.0 Å². The predicted octanol–water partition coefficient (Wildman–Crippen LogP) is 3.62. The molecule has 2 atom stereocenters. The number of carbonyl (C=O) groups is 1. The number of nitrogens with one attached hydrogen (secondary N) is 2. The first-order valence-corrected chi connectivity index (χ1v) is 9.37. The molecule has 6 heteroatoms. The number of halogens is 1. The van der Waals surface area contributed by atoms with Gasteiger partial charge in [0.05, 0.1) is 12.2 Å². The zero-order chi connectivity index (χ0) is 17.2. The zero-order valence-electron chi connectivity index (χ0n) is 15.2. The summed E-state index contributed by atoms with van der Waals surface area (Å²) in [4.78, 5) is 12.5. The van der Waals surface area contributed by atoms with Gasteiger partial charge in [-0.05, 0) is 56.7 Å². The molecule has 140 valence electrons. The number of aromatic nitrogens is 2. The number of carbonyl (C=O) groups excluding carboxylic acids is 1. The maximum absolute atomic E-state index is 12.5. The van der Waals surface area contributed by atoms with Crippen molar-refractivity contribution >= 4 is 24.1 Å². The molecule has 1 fully saturated rings. The van der Waals surface area contributed by atoms with Gasteiger partial charge in [-0.2, -0.15) is 5.10 Å². The number of hydrogen-bond acceptors (Lipinski definition) is 3. The van der Waals surface area contributed by atoms with Crippen LogP contribution in [-0.4, -0.2) is 28.3 Å². The summed E-state index contributed by atoms with van der Waals surface area (Å²) in [6.07, 6.45) is 7.98. The van der Waals surface area contributed by atoms with Crippen molar-refractivity contribution in [2.75, 3.05) is 11.9 Å². The second-order valence-corrected chi connectivity index (χ2v) is 7.27. The van der Waals surface area contributed by atoms with Gasteiger partial charge in [0.2, 0.25) is 5.91 Å². The summed E-state index contributed by atoms with van der Waals surface area (Å²) in [6.45, 7) is 3.04. The summed E-state index contributed by atoms with van der Waals surface area (Å²) in [5, 5.41) is 11.1. The third kappa shape index (κ3) is 3.79. The van der Waals surface area contributed by atoms with E-state index in [1.54, 1.807) is 0 Å². The fraction of sp³-hybridized carbons (Fsp3) is 0.500. The molecule has 2 N–H and O–H groups in total. The third-order valence-corrected chi connectivity index (χ3v) is 5.46. The monoisotopic (exact) mass is 374 g/mol. The standard InChI is InChI=1S/C20H26N4O.ClH/c1-14-13-22-24(18-10-4-7-15-6-2-3-9-17(15)18)20(14)23-19(25)12-16-8-5-11-21-16;/h2-3,6,9,13,16,18,21H,4-5,7-8,10-12H2,1H3,(H,23,25);1H. The first kappa shape index (κ1) is 18.9. The molecule has 0 spiro atoms. The van der Waals surface area contributed by atoms with E-state index in [1.807, 2.05) is 17.8 Å². The van der Waals surface area contributed by atoms with Gasteiger partial charge in [0.1, 0.15) is 5.82 Å². The zero-order valence-corrected chi connectivity index (χ0v) is 16.0. The molecule has 4 rings (SSSR count). The largest absolute Gasteiger partial charge is 0.313 e. The lowest BCUT2D eigenvalue weighted by atomic mass is 9.88. The normalized spacial score (nSPS) is 21.7. The summed E-state index contributed by atoms with van der Waals surface area (Å²) in [7, 11) is 0. The highest BCUT2D eigenvalue weighted by Gasteiger charge is 2.26. The molecule has 0 saturated carbocycles. The van der Waals surface area contributed by atoms with Crippen LogP contribution >= 0.6 is 12.4 Å². The van der Waals surface area contributed by atoms with E-state index < -0.39 is 0 Å². The van der Waals surface area contributed by atoms with Crippen molar-refractivity contribution < 1.29 is 4.79 Å². The van der Waals surface area contributed by atoms with Crippen LogP contribution < -0.4 is 10.6 Å². The van der Waals surface area contributed by atoms with Crippen LogP contribution in [0.15, 0.2) is 30.5 Å². The van der Waals surface area contributed by atoms with Gasteiger partial charge in [0.15, 0.2) is 0 Å². The van der Waals surface area contributed by atoms with Gasteiger partial charge in [-0.1, -0.05) is 24.3 Å². The molecular weight excluding hydrogens is 348 g/mol. The van der Waals surface area contributed by atoms with Crippen LogP contribution in [0.2, 0.25) is 0 Å². The minimum Gasteiger partial charge on any atom is -0.313 e. The average molecular weight is 375 g/mol. The topological polar surface area (TPSA) is 59.0 Å². The highest BCUT2D eigenvalue weighted by molar-refractivity contribution is 5.91. The molecule has 0 bridgehead atoms. The van der Waals surface area contributed by atoms with E-state index in [4.69, 9.17) is 0 Å². The van der Waals surface area contributed by atoms with Crippen molar-refractivity contribution in [1.29, 1.82) is 0 Å². The molecule has 26 heavy (non-hydrogen) atoms. The van der Waals surface area contributed by atoms with Gasteiger partial charge < -0.3 is 10.6 Å². The number of aryl methyl sites for hydroxylation is 2. The maximum atomic E-state index is 12.5. The van der Waals surface area contributed by atoms with Crippen LogP contribution in [0.1, 0.15) is 54.8 Å². The van der Waals surface area contributed by atoms with Crippen molar-refractivity contribution in [3.05, 3.63) is 47.2 Å². The lowest BCUT2D eigenvalue weighted by molar-refractivity contribution is -0.116. The van der Waals surface area contributed by atoms with Crippen molar-refractivity contribution in [3.8, 4) is 0 Å². The van der Waals surface area contributed by atoms with Crippen molar-refractivity contribution in [1.82, 2.24) is 15.1 Å². The smallest absolute Gasteiger partial charge is 0.227 e. The van der Waals surface area contributed by atoms with Crippen LogP contribution in [0.4, 0.5) is 5.82 Å². The lowest BCUT2D eigenvalue weighted by Crippen LogP contribution is -2.29. The average Bonchev–Trinajstić information content (AvgIpc) is 3.25. The summed E-state index contributed by atoms with van der Waals surface area (Å²) in [5.74, 6) is 0.929. The summed E-state index contributed by atoms with van der Waals surface area (Å²) < 4.78 is 2.02. The van der Waals surface area contributed by atoms with Gasteiger partial charge >= 0.3 is 0 Å². The SMILES string of the molecule is Cc1cnn(C2CCCc3ccccc32)c1NC(=O)CC1CCCN1.Cl. The van der Waals surface area contributed by atoms with E-state index in [2.05, 4.69) is 40.0 Å². The molecule has 2 aliphatic rings. The second-order valence-electron chi connectivity index (χ2n) is 7.27. The minimum absolute atomic E-state index is 0. The van der Waals surface area contributed by atoms with Crippen LogP contribution in [0.25, 0.3) is 0 Å². The van der Waals surface area contributed by atoms with Gasteiger partial charge in [-0.25, -0.2) is 4.68 Å². The van der Waals surface area contributed by atoms with Gasteiger partial charge in [0.25, 0.3) is 0 Å². The van der Waals surface area contributed by atoms with E-state index in [0.29, 0.717) is 12.5 Å². The van der Waals surface area contributed by atoms with Gasteiger partial charge in [-0.3, -0.25) is 4.79 Å². The summed E-state index contributed by atoms with van der Waals surface area (Å²) in [5.41, 5.74) is 3.76. The summed E-state index contributed by atoms with van der Waals surface area (Å²) in [6, 6.07) is 9.13. The third-order valence-electron chi connectivity index (χ3n) is 5.46. The maximum Gasteiger partial charge on any atom is 0.227 e. The Morgan fingerprint density at radius 1 is 1.31 bits per heavy atom. The van der Waals surface area contributed by atoms with Crippen LogP contribution in [0.5, 0.6) is 0 Å². The summed E-state index contributed by atoms with van der Waals surface area (Å²) >= 11 is 0. The first-order valence-electron chi connectivity index (χ1n) is 9.37. The van der Waals surface area contributed by atoms with Crippen LogP contribution in [0.3, 0.4) is 0 Å². The Morgan fingerprint density at radius 2 is 2.15 bits per heavy atom. The number of nitrogens with zero attached hydrogens (tertiary/aromatic N) is 2. The quantitative estimate of drug-likeness (QED) is 0.859. The highest BCUT2D eigenvalue weighted by Crippen LogP contribution is 2.35. The molecule has 1 aliphatic carbocycles. The van der Waals surface area contributed by atoms with Crippen LogP contribution in [-0.2, 0) is 11.2 Å². The molecule has 2 unspecified atom stereocenters. The fourth-order valence-electron chi connectivity index (χ4n) is 4.16. The predicted molar refractivity (Wildman–Crippen MR) is 106 cm³/mol. The fourth-order valence-corrected chi connectivity index (χ4v) is 4.16. The Labute approximate surface area is 161 Å². The Bertz CT molecular complexity index is 767. The molecular formula is C20H27ClN4O. The molecule has 0 radical (unpaired) electrons. The lowest BCUT2D eigenvalue weighted by Gasteiger charge is -2.27. The second kappa shape index (κ2) is 8.23. The van der Waals surface area contributed by atoms with E-state index in [9.17, 15) is 4.79 Å². The van der Waals surface area contributed by atoms with Gasteiger partial charge in [-0.15, -0.1) is 12.4 Å². The molecule has 1 aromatic heterocycles. The highest BCUT2D eigenvalue weighted by atomic mass is 35.5. The van der Waals surface area contributed by atoms with E-state index in [1.165, 1.54) is 11.1 Å².